The molecule has 2 rings (SSSR count). The zero-order chi connectivity index (χ0) is 13.9. The molecule has 0 atom stereocenters. The quantitative estimate of drug-likeness (QED) is 0.600. The van der Waals surface area contributed by atoms with E-state index in [2.05, 4.69) is 9.88 Å². The van der Waals surface area contributed by atoms with Gasteiger partial charge in [0.15, 0.2) is 0 Å². The second-order valence-corrected chi connectivity index (χ2v) is 5.22. The molecule has 1 aromatic rings. The Balaban J connectivity index is 2.01. The summed E-state index contributed by atoms with van der Waals surface area (Å²) in [6, 6.07) is 3.64. The fourth-order valence-corrected chi connectivity index (χ4v) is 2.35. The minimum atomic E-state index is -0.368. The van der Waals surface area contributed by atoms with Gasteiger partial charge in [0, 0.05) is 19.3 Å². The van der Waals surface area contributed by atoms with Crippen LogP contribution in [0.15, 0.2) is 18.3 Å². The number of rotatable bonds is 3. The molecule has 0 aromatic carbocycles. The summed E-state index contributed by atoms with van der Waals surface area (Å²) in [4.78, 5) is 18.4. The van der Waals surface area contributed by atoms with Gasteiger partial charge in [-0.2, -0.15) is 0 Å². The molecular weight excluding hydrogens is 239 g/mol. The van der Waals surface area contributed by atoms with Crippen molar-refractivity contribution < 1.29 is 9.53 Å². The Kier molecular flexibility index (Phi) is 4.12. The largest absolute Gasteiger partial charge is 0.466 e. The minimum Gasteiger partial charge on any atom is -0.466 e. The van der Waals surface area contributed by atoms with Crippen molar-refractivity contribution in [1.82, 2.24) is 4.98 Å². The molecule has 1 aliphatic rings. The molecule has 100 valence electrons. The van der Waals surface area contributed by atoms with E-state index >= 15 is 0 Å². The summed E-state index contributed by atoms with van der Waals surface area (Å²) in [5.41, 5.74) is 0.344. The highest BCUT2D eigenvalue weighted by Crippen LogP contribution is 2.33. The van der Waals surface area contributed by atoms with Crippen LogP contribution < -0.4 is 10.4 Å². The van der Waals surface area contributed by atoms with Gasteiger partial charge >= 0.3 is 5.97 Å². The van der Waals surface area contributed by atoms with Gasteiger partial charge in [-0.05, 0) is 32.8 Å². The van der Waals surface area contributed by atoms with E-state index in [0.29, 0.717) is 12.1 Å². The van der Waals surface area contributed by atoms with Crippen molar-refractivity contribution in [2.75, 3.05) is 24.6 Å². The molecule has 2 radical (unpaired) electrons. The number of anilines is 1. The summed E-state index contributed by atoms with van der Waals surface area (Å²) in [6.45, 7) is 5.86. The minimum absolute atomic E-state index is 0.0878. The van der Waals surface area contributed by atoms with Gasteiger partial charge in [0.1, 0.15) is 13.7 Å². The van der Waals surface area contributed by atoms with E-state index in [1.165, 1.54) is 0 Å². The van der Waals surface area contributed by atoms with Crippen LogP contribution in [0.25, 0.3) is 0 Å². The lowest BCUT2D eigenvalue weighted by Crippen LogP contribution is -2.44. The van der Waals surface area contributed by atoms with Crippen LogP contribution in [0.3, 0.4) is 0 Å². The molecular formula is C14H19BN2O2. The maximum absolute atomic E-state index is 11.9. The van der Waals surface area contributed by atoms with Crippen LogP contribution in [0.4, 0.5) is 5.82 Å². The first kappa shape index (κ1) is 13.9. The van der Waals surface area contributed by atoms with Crippen molar-refractivity contribution in [3.8, 4) is 0 Å². The molecule has 19 heavy (non-hydrogen) atoms. The second kappa shape index (κ2) is 5.64. The predicted octanol–water partition coefficient (Wildman–Crippen LogP) is 1.04. The molecule has 0 N–H and O–H groups in total. The molecule has 0 aliphatic carbocycles. The third kappa shape index (κ3) is 3.08. The molecule has 5 heteroatoms. The number of carbonyl (C=O) groups excluding carboxylic acids is 1. The molecule has 0 spiro atoms. The lowest BCUT2D eigenvalue weighted by atomic mass is 9.80. The summed E-state index contributed by atoms with van der Waals surface area (Å²) >= 11 is 0. The van der Waals surface area contributed by atoms with Crippen LogP contribution in [-0.2, 0) is 9.53 Å². The second-order valence-electron chi connectivity index (χ2n) is 5.22. The van der Waals surface area contributed by atoms with Gasteiger partial charge in [-0.15, -0.1) is 0 Å². The third-order valence-electron chi connectivity index (χ3n) is 3.73. The van der Waals surface area contributed by atoms with E-state index in [4.69, 9.17) is 12.6 Å². The molecule has 0 unspecified atom stereocenters. The van der Waals surface area contributed by atoms with Crippen molar-refractivity contribution >= 4 is 25.1 Å². The number of carbonyl (C=O) groups is 1. The highest BCUT2D eigenvalue weighted by molar-refractivity contribution is 6.32. The smallest absolute Gasteiger partial charge is 0.311 e. The van der Waals surface area contributed by atoms with Gasteiger partial charge in [0.25, 0.3) is 0 Å². The van der Waals surface area contributed by atoms with Crippen LogP contribution in [0, 0.1) is 5.41 Å². The average Bonchev–Trinajstić information content (AvgIpc) is 2.40. The number of esters is 1. The molecule has 0 saturated carbocycles. The average molecular weight is 258 g/mol. The number of hydrogen-bond donors (Lipinski definition) is 0. The van der Waals surface area contributed by atoms with Crippen molar-refractivity contribution in [2.24, 2.45) is 5.41 Å². The van der Waals surface area contributed by atoms with Crippen LogP contribution in [0.5, 0.6) is 0 Å². The van der Waals surface area contributed by atoms with Crippen molar-refractivity contribution in [2.45, 2.75) is 26.7 Å². The third-order valence-corrected chi connectivity index (χ3v) is 3.73. The van der Waals surface area contributed by atoms with Crippen LogP contribution in [-0.4, -0.2) is 38.5 Å². The Labute approximate surface area is 115 Å². The monoisotopic (exact) mass is 258 g/mol. The maximum Gasteiger partial charge on any atom is 0.311 e. The molecule has 1 fully saturated rings. The first-order valence-electron chi connectivity index (χ1n) is 6.69. The van der Waals surface area contributed by atoms with Gasteiger partial charge < -0.3 is 9.64 Å². The van der Waals surface area contributed by atoms with E-state index in [0.717, 1.165) is 31.7 Å². The molecule has 4 nitrogen and oxygen atoms in total. The topological polar surface area (TPSA) is 42.4 Å². The Morgan fingerprint density at radius 1 is 1.53 bits per heavy atom. The van der Waals surface area contributed by atoms with Crippen LogP contribution in [0.1, 0.15) is 26.7 Å². The van der Waals surface area contributed by atoms with Gasteiger partial charge in [0.05, 0.1) is 12.0 Å². The van der Waals surface area contributed by atoms with Crippen LogP contribution in [0.2, 0.25) is 0 Å². The Morgan fingerprint density at radius 3 is 2.79 bits per heavy atom. The molecule has 2 heterocycles. The highest BCUT2D eigenvalue weighted by atomic mass is 16.5. The summed E-state index contributed by atoms with van der Waals surface area (Å²) < 4.78 is 5.15. The number of pyridine rings is 1. The van der Waals surface area contributed by atoms with E-state index < -0.39 is 0 Å². The fraction of sp³-hybridized carbons (Fsp3) is 0.571. The predicted molar refractivity (Wildman–Crippen MR) is 75.8 cm³/mol. The summed E-state index contributed by atoms with van der Waals surface area (Å²) in [5, 5.41) is 0. The summed E-state index contributed by atoms with van der Waals surface area (Å²) in [5.74, 6) is 0.793. The summed E-state index contributed by atoms with van der Waals surface area (Å²) in [6.07, 6.45) is 3.27. The SMILES string of the molecule is [B]c1ccnc(N2CCC(C)(C(=O)OCC)CC2)c1. The first-order chi connectivity index (χ1) is 9.05. The Bertz CT molecular complexity index is 457. The number of hydrogen-bond acceptors (Lipinski definition) is 4. The molecule has 1 saturated heterocycles. The van der Waals surface area contributed by atoms with Gasteiger partial charge in [-0.3, -0.25) is 4.79 Å². The molecule has 1 aliphatic heterocycles. The van der Waals surface area contributed by atoms with Crippen molar-refractivity contribution in [3.05, 3.63) is 18.3 Å². The highest BCUT2D eigenvalue weighted by Gasteiger charge is 2.38. The van der Waals surface area contributed by atoms with E-state index in [-0.39, 0.29) is 11.4 Å². The number of aromatic nitrogens is 1. The van der Waals surface area contributed by atoms with E-state index in [1.807, 2.05) is 19.9 Å². The number of ether oxygens (including phenoxy) is 1. The Hall–Kier alpha value is -1.52. The van der Waals surface area contributed by atoms with Gasteiger partial charge in [-0.1, -0.05) is 11.5 Å². The van der Waals surface area contributed by atoms with Crippen LogP contribution >= 0.6 is 0 Å². The molecule has 0 bridgehead atoms. The maximum atomic E-state index is 11.9. The van der Waals surface area contributed by atoms with E-state index in [1.54, 1.807) is 12.3 Å². The molecule has 0 amide bonds. The van der Waals surface area contributed by atoms with Gasteiger partial charge in [0.2, 0.25) is 0 Å². The van der Waals surface area contributed by atoms with Crippen molar-refractivity contribution in [1.29, 1.82) is 0 Å². The lowest BCUT2D eigenvalue weighted by molar-refractivity contribution is -0.155. The zero-order valence-electron chi connectivity index (χ0n) is 11.6. The fourth-order valence-electron chi connectivity index (χ4n) is 2.35. The molecule has 1 aromatic heterocycles. The zero-order valence-corrected chi connectivity index (χ0v) is 11.6. The summed E-state index contributed by atoms with van der Waals surface area (Å²) in [7, 11) is 5.77. The Morgan fingerprint density at radius 2 is 2.21 bits per heavy atom. The van der Waals surface area contributed by atoms with Gasteiger partial charge in [-0.25, -0.2) is 4.98 Å². The number of nitrogens with zero attached hydrogens (tertiary/aromatic N) is 2. The van der Waals surface area contributed by atoms with E-state index in [9.17, 15) is 4.79 Å². The standard InChI is InChI=1S/C14H19BN2O2/c1-3-19-13(18)14(2)5-8-17(9-6-14)12-10-11(15)4-7-16-12/h4,7,10H,3,5-6,8-9H2,1-2H3. The first-order valence-corrected chi connectivity index (χ1v) is 6.69. The number of piperidine rings is 1. The lowest BCUT2D eigenvalue weighted by Gasteiger charge is -2.38. The normalized spacial score (nSPS) is 18.1. The van der Waals surface area contributed by atoms with Crippen molar-refractivity contribution in [3.63, 3.8) is 0 Å².